The fourth-order valence-corrected chi connectivity index (χ4v) is 5.28. The summed E-state index contributed by atoms with van der Waals surface area (Å²) in [4.78, 5) is 0. The van der Waals surface area contributed by atoms with E-state index in [9.17, 15) is 0 Å². The highest BCUT2D eigenvalue weighted by atomic mass is 15.0. The number of hydrogen-bond donors (Lipinski definition) is 0. The molecule has 5 aromatic rings. The molecular weight excluding hydrogens is 362 g/mol. The van der Waals surface area contributed by atoms with E-state index in [0.29, 0.717) is 0 Å². The van der Waals surface area contributed by atoms with E-state index < -0.39 is 0 Å². The number of hydrogen-bond acceptors (Lipinski definition) is 0. The van der Waals surface area contributed by atoms with Gasteiger partial charge < -0.3 is 4.57 Å². The van der Waals surface area contributed by atoms with Gasteiger partial charge in [0.25, 0.3) is 0 Å². The van der Waals surface area contributed by atoms with Gasteiger partial charge in [-0.15, -0.1) is 6.42 Å². The van der Waals surface area contributed by atoms with Crippen molar-refractivity contribution in [1.29, 1.82) is 0 Å². The average molecular weight is 383 g/mol. The molecule has 0 unspecified atom stereocenters. The largest absolute Gasteiger partial charge is 0.309 e. The first-order chi connectivity index (χ1) is 14.6. The summed E-state index contributed by atoms with van der Waals surface area (Å²) in [7, 11) is 0. The Morgan fingerprint density at radius 2 is 1.50 bits per heavy atom. The maximum absolute atomic E-state index is 5.73. The fraction of sp³-hybridized carbons (Fsp3) is 0.103. The Morgan fingerprint density at radius 3 is 2.30 bits per heavy atom. The molecule has 0 saturated carbocycles. The molecule has 0 amide bonds. The van der Waals surface area contributed by atoms with Crippen LogP contribution in [0.1, 0.15) is 30.5 Å². The minimum atomic E-state index is -0.141. The van der Waals surface area contributed by atoms with E-state index in [2.05, 4.69) is 109 Å². The highest BCUT2D eigenvalue weighted by Crippen LogP contribution is 2.53. The zero-order valence-corrected chi connectivity index (χ0v) is 17.1. The normalized spacial score (nSPS) is 13.9. The molecule has 0 radical (unpaired) electrons. The summed E-state index contributed by atoms with van der Waals surface area (Å²) in [5.74, 6) is 2.81. The van der Waals surface area contributed by atoms with Crippen LogP contribution in [0.3, 0.4) is 0 Å². The van der Waals surface area contributed by atoms with Crippen LogP contribution in [0.4, 0.5) is 0 Å². The molecule has 0 N–H and O–H groups in total. The summed E-state index contributed by atoms with van der Waals surface area (Å²) in [5.41, 5.74) is 9.81. The van der Waals surface area contributed by atoms with Gasteiger partial charge in [0.1, 0.15) is 0 Å². The predicted molar refractivity (Wildman–Crippen MR) is 126 cm³/mol. The van der Waals surface area contributed by atoms with Gasteiger partial charge in [0.05, 0.1) is 11.0 Å². The maximum Gasteiger partial charge on any atom is 0.0588 e. The summed E-state index contributed by atoms with van der Waals surface area (Å²) in [6, 6.07) is 30.4. The van der Waals surface area contributed by atoms with Crippen LogP contribution in [-0.4, -0.2) is 4.57 Å². The minimum Gasteiger partial charge on any atom is -0.309 e. The quantitative estimate of drug-likeness (QED) is 0.273. The van der Waals surface area contributed by atoms with Crippen molar-refractivity contribution in [2.45, 2.75) is 19.3 Å². The molecule has 1 nitrogen and oxygen atoms in total. The third-order valence-electron chi connectivity index (χ3n) is 6.63. The Morgan fingerprint density at radius 1 is 0.767 bits per heavy atom. The maximum atomic E-state index is 5.73. The number of fused-ring (bicyclic) bond motifs is 7. The molecule has 1 aliphatic carbocycles. The smallest absolute Gasteiger partial charge is 0.0588 e. The summed E-state index contributed by atoms with van der Waals surface area (Å²) in [6.07, 6.45) is 5.73. The number of aromatic nitrogens is 1. The summed E-state index contributed by atoms with van der Waals surface area (Å²) >= 11 is 0. The van der Waals surface area contributed by atoms with Crippen molar-refractivity contribution in [3.05, 3.63) is 102 Å². The Kier molecular flexibility index (Phi) is 3.35. The van der Waals surface area contributed by atoms with Gasteiger partial charge in [-0.3, -0.25) is 0 Å². The average Bonchev–Trinajstić information content (AvgIpc) is 3.23. The van der Waals surface area contributed by atoms with Gasteiger partial charge in [0.2, 0.25) is 0 Å². The van der Waals surface area contributed by atoms with Crippen LogP contribution in [-0.2, 0) is 5.41 Å². The molecule has 1 aromatic heterocycles. The van der Waals surface area contributed by atoms with E-state index >= 15 is 0 Å². The Bertz CT molecular complexity index is 1510. The molecule has 4 aromatic carbocycles. The molecule has 0 saturated heterocycles. The highest BCUT2D eigenvalue weighted by molar-refractivity contribution is 6.13. The first kappa shape index (κ1) is 17.1. The van der Waals surface area contributed by atoms with E-state index in [4.69, 9.17) is 6.42 Å². The van der Waals surface area contributed by atoms with Crippen molar-refractivity contribution < 1.29 is 0 Å². The van der Waals surface area contributed by atoms with Crippen molar-refractivity contribution in [3.8, 4) is 29.2 Å². The van der Waals surface area contributed by atoms with Crippen molar-refractivity contribution in [2.24, 2.45) is 0 Å². The number of terminal acetylenes is 1. The van der Waals surface area contributed by atoms with Crippen molar-refractivity contribution in [2.75, 3.05) is 0 Å². The van der Waals surface area contributed by atoms with Gasteiger partial charge in [-0.05, 0) is 52.6 Å². The Labute approximate surface area is 176 Å². The molecule has 1 heterocycles. The van der Waals surface area contributed by atoms with Gasteiger partial charge in [-0.2, -0.15) is 0 Å². The van der Waals surface area contributed by atoms with Gasteiger partial charge in [-0.1, -0.05) is 74.4 Å². The Hall–Kier alpha value is -3.76. The van der Waals surface area contributed by atoms with E-state index in [1.54, 1.807) is 0 Å². The molecule has 1 aliphatic rings. The van der Waals surface area contributed by atoms with Crippen molar-refractivity contribution >= 4 is 21.8 Å². The van der Waals surface area contributed by atoms with Crippen LogP contribution in [0.2, 0.25) is 0 Å². The summed E-state index contributed by atoms with van der Waals surface area (Å²) in [5, 5.41) is 2.58. The monoisotopic (exact) mass is 383 g/mol. The Balaban J connectivity index is 1.82. The molecule has 0 fully saturated rings. The van der Waals surface area contributed by atoms with E-state index in [-0.39, 0.29) is 5.41 Å². The first-order valence-electron chi connectivity index (χ1n) is 10.3. The van der Waals surface area contributed by atoms with Gasteiger partial charge in [0.15, 0.2) is 0 Å². The van der Waals surface area contributed by atoms with Crippen LogP contribution in [0.15, 0.2) is 84.9 Å². The topological polar surface area (TPSA) is 4.93 Å². The number of nitrogens with zero attached hydrogens (tertiary/aromatic N) is 1. The third-order valence-corrected chi connectivity index (χ3v) is 6.63. The highest BCUT2D eigenvalue weighted by Gasteiger charge is 2.38. The lowest BCUT2D eigenvalue weighted by molar-refractivity contribution is 0.663. The van der Waals surface area contributed by atoms with Crippen molar-refractivity contribution in [3.63, 3.8) is 0 Å². The molecule has 6 rings (SSSR count). The van der Waals surface area contributed by atoms with Crippen LogP contribution < -0.4 is 0 Å². The molecule has 0 atom stereocenters. The molecule has 1 heteroatoms. The second kappa shape index (κ2) is 5.88. The standard InChI is InChI=1S/C29H21N/c1-4-19-14-15-21-23-16-17-24-22-12-8-9-13-26(22)30(20-10-6-5-7-11-20)28(24)27(23)29(2,3)25(21)18-19/h1,5-18H,2-3H3. The summed E-state index contributed by atoms with van der Waals surface area (Å²) in [6.45, 7) is 4.65. The number of benzene rings is 4. The van der Waals surface area contributed by atoms with Crippen LogP contribution in [0, 0.1) is 12.3 Å². The molecular formula is C29H21N. The summed E-state index contributed by atoms with van der Waals surface area (Å²) < 4.78 is 2.43. The third kappa shape index (κ3) is 2.09. The fourth-order valence-electron chi connectivity index (χ4n) is 5.28. The van der Waals surface area contributed by atoms with Crippen LogP contribution in [0.25, 0.3) is 38.6 Å². The SMILES string of the molecule is C#Cc1ccc2c(c1)C(C)(C)c1c-2ccc2c3ccccc3n(-c3ccccc3)c12. The van der Waals surface area contributed by atoms with Crippen LogP contribution >= 0.6 is 0 Å². The second-order valence-electron chi connectivity index (χ2n) is 8.60. The van der Waals surface area contributed by atoms with E-state index in [0.717, 1.165) is 5.56 Å². The minimum absolute atomic E-state index is 0.141. The number of rotatable bonds is 1. The molecule has 0 bridgehead atoms. The van der Waals surface area contributed by atoms with Gasteiger partial charge in [0, 0.05) is 27.4 Å². The molecule has 0 aliphatic heterocycles. The van der Waals surface area contributed by atoms with E-state index in [1.165, 1.54) is 49.7 Å². The van der Waals surface area contributed by atoms with Crippen LogP contribution in [0.5, 0.6) is 0 Å². The zero-order valence-electron chi connectivity index (χ0n) is 17.1. The second-order valence-corrected chi connectivity index (χ2v) is 8.60. The first-order valence-corrected chi connectivity index (χ1v) is 10.3. The molecule has 142 valence electrons. The molecule has 30 heavy (non-hydrogen) atoms. The predicted octanol–water partition coefficient (Wildman–Crippen LogP) is 7.07. The van der Waals surface area contributed by atoms with Gasteiger partial charge in [-0.25, -0.2) is 0 Å². The lowest BCUT2D eigenvalue weighted by Gasteiger charge is -2.24. The zero-order chi connectivity index (χ0) is 20.5. The van der Waals surface area contributed by atoms with Crippen molar-refractivity contribution in [1.82, 2.24) is 4.57 Å². The van der Waals surface area contributed by atoms with E-state index in [1.807, 2.05) is 0 Å². The lowest BCUT2D eigenvalue weighted by Crippen LogP contribution is -2.16. The number of para-hydroxylation sites is 2. The van der Waals surface area contributed by atoms with Gasteiger partial charge >= 0.3 is 0 Å². The molecule has 0 spiro atoms. The lowest BCUT2D eigenvalue weighted by atomic mass is 9.81.